The second kappa shape index (κ2) is 9.87. The van der Waals surface area contributed by atoms with Crippen molar-refractivity contribution in [3.63, 3.8) is 0 Å². The van der Waals surface area contributed by atoms with Crippen LogP contribution in [-0.4, -0.2) is 28.8 Å². The lowest BCUT2D eigenvalue weighted by atomic mass is 10.0. The number of carbonyl (C=O) groups is 2. The minimum Gasteiger partial charge on any atom is -0.352 e. The van der Waals surface area contributed by atoms with Crippen LogP contribution in [-0.2, 0) is 22.6 Å². The molecule has 0 heterocycles. The summed E-state index contributed by atoms with van der Waals surface area (Å²) >= 11 is 3.47. The summed E-state index contributed by atoms with van der Waals surface area (Å²) in [5.74, 6) is -0.199. The monoisotopic (exact) mass is 444 g/mol. The maximum Gasteiger partial charge on any atom is 0.242 e. The third kappa shape index (κ3) is 6.48. The minimum atomic E-state index is -0.556. The lowest BCUT2D eigenvalue weighted by molar-refractivity contribution is -0.140. The number of benzene rings is 2. The van der Waals surface area contributed by atoms with Crippen molar-refractivity contribution in [2.24, 2.45) is 0 Å². The first-order chi connectivity index (χ1) is 13.2. The van der Waals surface area contributed by atoms with Crippen LogP contribution in [0.15, 0.2) is 46.9 Å². The molecule has 0 bridgehead atoms. The quantitative estimate of drug-likeness (QED) is 0.680. The number of halogens is 1. The third-order valence-electron chi connectivity index (χ3n) is 4.48. The highest BCUT2D eigenvalue weighted by atomic mass is 79.9. The van der Waals surface area contributed by atoms with Crippen LogP contribution >= 0.6 is 15.9 Å². The van der Waals surface area contributed by atoms with Crippen molar-refractivity contribution < 1.29 is 9.59 Å². The molecule has 0 aromatic heterocycles. The van der Waals surface area contributed by atoms with Gasteiger partial charge in [-0.2, -0.15) is 0 Å². The number of amides is 2. The molecule has 0 spiro atoms. The van der Waals surface area contributed by atoms with E-state index in [4.69, 9.17) is 0 Å². The van der Waals surface area contributed by atoms with Crippen LogP contribution in [0.3, 0.4) is 0 Å². The van der Waals surface area contributed by atoms with Gasteiger partial charge < -0.3 is 10.2 Å². The van der Waals surface area contributed by atoms with Crippen molar-refractivity contribution in [2.45, 2.75) is 59.7 Å². The Hall–Kier alpha value is -2.14. The minimum absolute atomic E-state index is 0.0252. The maximum atomic E-state index is 13.2. The fourth-order valence-corrected chi connectivity index (χ4v) is 3.71. The van der Waals surface area contributed by atoms with E-state index in [2.05, 4.69) is 27.3 Å². The van der Waals surface area contributed by atoms with Gasteiger partial charge in [-0.1, -0.05) is 57.4 Å². The molecule has 0 fully saturated rings. The fraction of sp³-hybridized carbons (Fsp3) is 0.391. The topological polar surface area (TPSA) is 49.4 Å². The molecule has 0 saturated carbocycles. The van der Waals surface area contributed by atoms with Crippen molar-refractivity contribution in [2.75, 3.05) is 0 Å². The molecule has 2 aromatic carbocycles. The summed E-state index contributed by atoms with van der Waals surface area (Å²) in [6.45, 7) is 10.1. The largest absolute Gasteiger partial charge is 0.352 e. The van der Waals surface area contributed by atoms with Crippen LogP contribution < -0.4 is 5.32 Å². The Balaban J connectivity index is 2.27. The molecule has 28 heavy (non-hydrogen) atoms. The van der Waals surface area contributed by atoms with Crippen molar-refractivity contribution in [1.29, 1.82) is 0 Å². The predicted molar refractivity (Wildman–Crippen MR) is 117 cm³/mol. The molecule has 2 rings (SSSR count). The fourth-order valence-electron chi connectivity index (χ4n) is 3.27. The third-order valence-corrected chi connectivity index (χ3v) is 4.97. The average Bonchev–Trinajstić information content (AvgIpc) is 2.57. The lowest BCUT2D eigenvalue weighted by Crippen LogP contribution is -2.49. The molecule has 5 heteroatoms. The summed E-state index contributed by atoms with van der Waals surface area (Å²) in [7, 11) is 0. The highest BCUT2D eigenvalue weighted by Crippen LogP contribution is 2.17. The molecule has 0 unspecified atom stereocenters. The molecule has 150 valence electrons. The highest BCUT2D eigenvalue weighted by Gasteiger charge is 2.26. The Morgan fingerprint density at radius 2 is 1.64 bits per heavy atom. The van der Waals surface area contributed by atoms with Crippen molar-refractivity contribution in [3.8, 4) is 0 Å². The van der Waals surface area contributed by atoms with Gasteiger partial charge in [-0.05, 0) is 57.9 Å². The van der Waals surface area contributed by atoms with Gasteiger partial charge in [0.15, 0.2) is 0 Å². The van der Waals surface area contributed by atoms with Gasteiger partial charge in [0, 0.05) is 17.1 Å². The van der Waals surface area contributed by atoms with Gasteiger partial charge in [-0.15, -0.1) is 0 Å². The first kappa shape index (κ1) is 22.2. The Morgan fingerprint density at radius 1 is 1.00 bits per heavy atom. The van der Waals surface area contributed by atoms with Crippen LogP contribution in [0.4, 0.5) is 0 Å². The molecule has 2 amide bonds. The van der Waals surface area contributed by atoms with E-state index in [0.717, 1.165) is 26.7 Å². The number of nitrogens with one attached hydrogen (secondary N) is 1. The van der Waals surface area contributed by atoms with Gasteiger partial charge in [-0.3, -0.25) is 9.59 Å². The van der Waals surface area contributed by atoms with E-state index in [-0.39, 0.29) is 24.3 Å². The van der Waals surface area contributed by atoms with Gasteiger partial charge in [0.05, 0.1) is 6.42 Å². The van der Waals surface area contributed by atoms with E-state index in [9.17, 15) is 9.59 Å². The molecular weight excluding hydrogens is 416 g/mol. The van der Waals surface area contributed by atoms with Crippen LogP contribution in [0, 0.1) is 13.8 Å². The average molecular weight is 445 g/mol. The van der Waals surface area contributed by atoms with Crippen LogP contribution in [0.2, 0.25) is 0 Å². The summed E-state index contributed by atoms with van der Waals surface area (Å²) in [4.78, 5) is 27.5. The predicted octanol–water partition coefficient (Wildman–Crippen LogP) is 4.55. The molecule has 1 atom stereocenters. The summed E-state index contributed by atoms with van der Waals surface area (Å²) in [6.07, 6.45) is 0.274. The molecule has 0 aliphatic rings. The van der Waals surface area contributed by atoms with Gasteiger partial charge in [-0.25, -0.2) is 0 Å². The Kier molecular flexibility index (Phi) is 7.81. The second-order valence-electron chi connectivity index (χ2n) is 7.66. The van der Waals surface area contributed by atoms with Gasteiger partial charge >= 0.3 is 0 Å². The summed E-state index contributed by atoms with van der Waals surface area (Å²) in [5.41, 5.74) is 4.21. The molecule has 0 aliphatic carbocycles. The van der Waals surface area contributed by atoms with E-state index in [0.29, 0.717) is 6.54 Å². The molecule has 0 radical (unpaired) electrons. The molecule has 2 aromatic rings. The normalized spacial score (nSPS) is 12.0. The van der Waals surface area contributed by atoms with E-state index in [1.54, 1.807) is 11.8 Å². The van der Waals surface area contributed by atoms with E-state index < -0.39 is 6.04 Å². The van der Waals surface area contributed by atoms with Gasteiger partial charge in [0.2, 0.25) is 11.8 Å². The number of carbonyl (C=O) groups excluding carboxylic acids is 2. The smallest absolute Gasteiger partial charge is 0.242 e. The van der Waals surface area contributed by atoms with Gasteiger partial charge in [0.25, 0.3) is 0 Å². The van der Waals surface area contributed by atoms with E-state index >= 15 is 0 Å². The maximum absolute atomic E-state index is 13.2. The molecule has 0 saturated heterocycles. The Morgan fingerprint density at radius 3 is 2.21 bits per heavy atom. The summed E-state index contributed by atoms with van der Waals surface area (Å²) in [6, 6.07) is 13.4. The molecular formula is C23H29BrN2O2. The summed E-state index contributed by atoms with van der Waals surface area (Å²) in [5, 5.41) is 2.92. The Bertz CT molecular complexity index is 828. The van der Waals surface area contributed by atoms with Crippen LogP contribution in [0.5, 0.6) is 0 Å². The van der Waals surface area contributed by atoms with Crippen molar-refractivity contribution in [1.82, 2.24) is 10.2 Å². The molecule has 0 aliphatic heterocycles. The first-order valence-electron chi connectivity index (χ1n) is 9.57. The number of aryl methyl sites for hydroxylation is 2. The molecule has 4 nitrogen and oxygen atoms in total. The lowest BCUT2D eigenvalue weighted by Gasteiger charge is -2.29. The standard InChI is InChI=1S/C23H29BrN2O2/c1-15(2)25-23(28)18(5)26(14-19-7-6-8-21(24)12-19)22(27)13-20-10-16(3)9-17(4)11-20/h6-12,15,18H,13-14H2,1-5H3,(H,25,28)/t18-/m1/s1. The van der Waals surface area contributed by atoms with E-state index in [1.165, 1.54) is 0 Å². The first-order valence-corrected chi connectivity index (χ1v) is 10.4. The number of nitrogens with zero attached hydrogens (tertiary/aromatic N) is 1. The number of hydrogen-bond acceptors (Lipinski definition) is 2. The zero-order valence-corrected chi connectivity index (χ0v) is 18.8. The number of rotatable bonds is 7. The second-order valence-corrected chi connectivity index (χ2v) is 8.58. The van der Waals surface area contributed by atoms with Gasteiger partial charge in [0.1, 0.15) is 6.04 Å². The summed E-state index contributed by atoms with van der Waals surface area (Å²) < 4.78 is 0.950. The zero-order chi connectivity index (χ0) is 20.8. The van der Waals surface area contributed by atoms with Crippen LogP contribution in [0.1, 0.15) is 43.0 Å². The SMILES string of the molecule is Cc1cc(C)cc(CC(=O)N(Cc2cccc(Br)c2)[C@H](C)C(=O)NC(C)C)c1. The molecule has 1 N–H and O–H groups in total. The number of hydrogen-bond donors (Lipinski definition) is 1. The van der Waals surface area contributed by atoms with Crippen LogP contribution in [0.25, 0.3) is 0 Å². The van der Waals surface area contributed by atoms with Crippen molar-refractivity contribution >= 4 is 27.7 Å². The highest BCUT2D eigenvalue weighted by molar-refractivity contribution is 9.10. The van der Waals surface area contributed by atoms with E-state index in [1.807, 2.05) is 64.1 Å². The zero-order valence-electron chi connectivity index (χ0n) is 17.3. The Labute approximate surface area is 176 Å². The van der Waals surface area contributed by atoms with Crippen molar-refractivity contribution in [3.05, 3.63) is 69.2 Å².